The Labute approximate surface area is 185 Å². The molecule has 3 aromatic rings. The number of nitrogens with zero attached hydrogens (tertiary/aromatic N) is 2. The van der Waals surface area contributed by atoms with Crippen LogP contribution in [-0.4, -0.2) is 19.9 Å². The lowest BCUT2D eigenvalue weighted by atomic mass is 10.0. The van der Waals surface area contributed by atoms with Crippen molar-refractivity contribution in [1.29, 1.82) is 0 Å². The van der Waals surface area contributed by atoms with E-state index in [0.717, 1.165) is 39.4 Å². The highest BCUT2D eigenvalue weighted by Crippen LogP contribution is 2.36. The minimum absolute atomic E-state index is 0.132. The fraction of sp³-hybridized carbons (Fsp3) is 0.160. The summed E-state index contributed by atoms with van der Waals surface area (Å²) in [4.78, 5) is 0. The largest absolute Gasteiger partial charge is 0.497 e. The second-order valence-corrected chi connectivity index (χ2v) is 7.93. The van der Waals surface area contributed by atoms with E-state index in [0.29, 0.717) is 0 Å². The van der Waals surface area contributed by atoms with E-state index in [1.54, 1.807) is 14.2 Å². The van der Waals surface area contributed by atoms with Crippen LogP contribution < -0.4 is 14.5 Å². The minimum Gasteiger partial charge on any atom is -0.497 e. The monoisotopic (exact) mass is 462 g/mol. The molecule has 0 fully saturated rings. The number of hydrogen-bond acceptors (Lipinski definition) is 4. The Morgan fingerprint density at radius 1 is 0.833 bits per heavy atom. The summed E-state index contributed by atoms with van der Waals surface area (Å²) in [5.74, 6) is 1.71. The molecule has 152 valence electrons. The molecule has 0 aliphatic carbocycles. The Morgan fingerprint density at radius 3 is 2.03 bits per heavy atom. The molecule has 0 radical (unpaired) electrons. The van der Waals surface area contributed by atoms with Gasteiger partial charge in [0, 0.05) is 10.9 Å². The highest BCUT2D eigenvalue weighted by molar-refractivity contribution is 9.10. The van der Waals surface area contributed by atoms with E-state index in [2.05, 4.69) is 57.4 Å². The van der Waals surface area contributed by atoms with Crippen LogP contribution in [0.2, 0.25) is 0 Å². The third kappa shape index (κ3) is 4.57. The average Bonchev–Trinajstić information content (AvgIpc) is 3.23. The van der Waals surface area contributed by atoms with Crippen molar-refractivity contribution < 1.29 is 9.47 Å². The third-order valence-electron chi connectivity index (χ3n) is 5.11. The molecule has 0 bridgehead atoms. The van der Waals surface area contributed by atoms with Crippen molar-refractivity contribution in [1.82, 2.24) is 0 Å². The van der Waals surface area contributed by atoms with E-state index in [9.17, 15) is 0 Å². The van der Waals surface area contributed by atoms with Crippen LogP contribution in [0, 0.1) is 0 Å². The van der Waals surface area contributed by atoms with Crippen LogP contribution in [0.5, 0.6) is 11.5 Å². The van der Waals surface area contributed by atoms with Gasteiger partial charge in [0.05, 0.1) is 31.7 Å². The molecule has 0 unspecified atom stereocenters. The van der Waals surface area contributed by atoms with Gasteiger partial charge in [0.1, 0.15) is 11.5 Å². The van der Waals surface area contributed by atoms with Gasteiger partial charge in [0.15, 0.2) is 0 Å². The molecule has 5 heteroatoms. The molecule has 4 rings (SSSR count). The summed E-state index contributed by atoms with van der Waals surface area (Å²) in [7, 11) is 3.36. The number of benzene rings is 3. The number of hydrogen-bond donors (Lipinski definition) is 0. The predicted molar refractivity (Wildman–Crippen MR) is 126 cm³/mol. The first kappa shape index (κ1) is 20.2. The van der Waals surface area contributed by atoms with Gasteiger partial charge in [-0.2, -0.15) is 5.10 Å². The molecule has 0 saturated heterocycles. The number of hydrazone groups is 1. The first-order valence-electron chi connectivity index (χ1n) is 9.74. The molecule has 1 heterocycles. The predicted octanol–water partition coefficient (Wildman–Crippen LogP) is 6.49. The molecule has 0 amide bonds. The molecule has 1 aliphatic rings. The van der Waals surface area contributed by atoms with Crippen LogP contribution in [0.25, 0.3) is 6.08 Å². The fourth-order valence-corrected chi connectivity index (χ4v) is 3.72. The van der Waals surface area contributed by atoms with Crippen LogP contribution in [0.15, 0.2) is 88.4 Å². The first-order chi connectivity index (χ1) is 14.7. The van der Waals surface area contributed by atoms with Crippen LogP contribution in [0.1, 0.15) is 23.6 Å². The van der Waals surface area contributed by atoms with Crippen LogP contribution >= 0.6 is 15.9 Å². The topological polar surface area (TPSA) is 34.1 Å². The number of ether oxygens (including phenoxy) is 2. The number of allylic oxidation sites excluding steroid dienone is 1. The highest BCUT2D eigenvalue weighted by Gasteiger charge is 2.28. The zero-order valence-electron chi connectivity index (χ0n) is 17.0. The van der Waals surface area contributed by atoms with Crippen LogP contribution in [0.3, 0.4) is 0 Å². The summed E-state index contributed by atoms with van der Waals surface area (Å²) >= 11 is 3.51. The van der Waals surface area contributed by atoms with Gasteiger partial charge in [-0.3, -0.25) is 5.01 Å². The summed E-state index contributed by atoms with van der Waals surface area (Å²) in [6.07, 6.45) is 5.01. The van der Waals surface area contributed by atoms with Gasteiger partial charge in [-0.15, -0.1) is 0 Å². The minimum atomic E-state index is 0.132. The lowest BCUT2D eigenvalue weighted by Gasteiger charge is -2.24. The van der Waals surface area contributed by atoms with Crippen molar-refractivity contribution in [3.63, 3.8) is 0 Å². The van der Waals surface area contributed by atoms with Gasteiger partial charge >= 0.3 is 0 Å². The molecular formula is C25H23BrN2O2. The van der Waals surface area contributed by atoms with Gasteiger partial charge in [0.2, 0.25) is 0 Å². The second-order valence-electron chi connectivity index (χ2n) is 7.01. The second kappa shape index (κ2) is 9.18. The number of methoxy groups -OCH3 is 2. The standard InChI is InChI=1S/C25H23BrN2O2/c1-29-23-13-4-18(5-14-23)3-10-21-17-25(19-6-15-24(30-2)16-7-19)28(27-21)22-11-8-20(26)9-12-22/h3-16,25H,17H2,1-2H3/b10-3+/t25-/m0/s1. The molecular weight excluding hydrogens is 440 g/mol. The molecule has 0 aromatic heterocycles. The number of rotatable bonds is 6. The number of anilines is 1. The molecule has 0 N–H and O–H groups in total. The maximum atomic E-state index is 5.31. The molecule has 0 spiro atoms. The highest BCUT2D eigenvalue weighted by atomic mass is 79.9. The molecule has 1 aliphatic heterocycles. The normalized spacial score (nSPS) is 16.0. The lowest BCUT2D eigenvalue weighted by Crippen LogP contribution is -2.18. The maximum Gasteiger partial charge on any atom is 0.118 e. The number of halogens is 1. The van der Waals surface area contributed by atoms with E-state index in [4.69, 9.17) is 14.6 Å². The Balaban J connectivity index is 1.61. The van der Waals surface area contributed by atoms with Crippen molar-refractivity contribution >= 4 is 33.4 Å². The quantitative estimate of drug-likeness (QED) is 0.419. The van der Waals surface area contributed by atoms with Crippen molar-refractivity contribution in [3.05, 3.63) is 94.5 Å². The summed E-state index contributed by atoms with van der Waals surface area (Å²) in [5, 5.41) is 7.03. The molecule has 1 atom stereocenters. The SMILES string of the molecule is COc1ccc(/C=C/C2=NN(c3ccc(Br)cc3)[C@H](c3ccc(OC)cc3)C2)cc1. The first-order valence-corrected chi connectivity index (χ1v) is 10.5. The smallest absolute Gasteiger partial charge is 0.118 e. The van der Waals surface area contributed by atoms with Crippen LogP contribution in [-0.2, 0) is 0 Å². The van der Waals surface area contributed by atoms with E-state index < -0.39 is 0 Å². The van der Waals surface area contributed by atoms with Crippen molar-refractivity contribution in [2.45, 2.75) is 12.5 Å². The average molecular weight is 463 g/mol. The van der Waals surface area contributed by atoms with Gasteiger partial charge in [-0.25, -0.2) is 0 Å². The van der Waals surface area contributed by atoms with Gasteiger partial charge in [-0.05, 0) is 65.7 Å². The van der Waals surface area contributed by atoms with E-state index in [1.165, 1.54) is 5.56 Å². The summed E-state index contributed by atoms with van der Waals surface area (Å²) in [6, 6.07) is 24.6. The van der Waals surface area contributed by atoms with E-state index >= 15 is 0 Å². The van der Waals surface area contributed by atoms with Gasteiger partial charge in [-0.1, -0.05) is 46.3 Å². The summed E-state index contributed by atoms with van der Waals surface area (Å²) in [6.45, 7) is 0. The zero-order valence-corrected chi connectivity index (χ0v) is 18.5. The van der Waals surface area contributed by atoms with Gasteiger partial charge < -0.3 is 9.47 Å². The third-order valence-corrected chi connectivity index (χ3v) is 5.64. The molecule has 4 nitrogen and oxygen atoms in total. The Hall–Kier alpha value is -3.05. The van der Waals surface area contributed by atoms with E-state index in [-0.39, 0.29) is 6.04 Å². The summed E-state index contributed by atoms with van der Waals surface area (Å²) < 4.78 is 11.6. The fourth-order valence-electron chi connectivity index (χ4n) is 3.46. The van der Waals surface area contributed by atoms with Gasteiger partial charge in [0.25, 0.3) is 0 Å². The van der Waals surface area contributed by atoms with Crippen LogP contribution in [0.4, 0.5) is 5.69 Å². The Bertz CT molecular complexity index is 1040. The van der Waals surface area contributed by atoms with Crippen molar-refractivity contribution in [2.75, 3.05) is 19.2 Å². The Kier molecular flexibility index (Phi) is 6.19. The Morgan fingerprint density at radius 2 is 1.43 bits per heavy atom. The molecule has 30 heavy (non-hydrogen) atoms. The molecule has 0 saturated carbocycles. The van der Waals surface area contributed by atoms with E-state index in [1.807, 2.05) is 48.5 Å². The zero-order chi connectivity index (χ0) is 20.9. The van der Waals surface area contributed by atoms with Crippen molar-refractivity contribution in [3.8, 4) is 11.5 Å². The summed E-state index contributed by atoms with van der Waals surface area (Å²) in [5.41, 5.74) is 4.42. The lowest BCUT2D eigenvalue weighted by molar-refractivity contribution is 0.414. The maximum absolute atomic E-state index is 5.31. The van der Waals surface area contributed by atoms with Crippen molar-refractivity contribution in [2.24, 2.45) is 5.10 Å². The molecule has 3 aromatic carbocycles.